The molecule has 0 saturated carbocycles. The molecular weight excluding hydrogens is 351 g/mol. The number of nitrogens with two attached hydrogens (primary N) is 1. The largest absolute Gasteiger partial charge is 0.416 e. The Morgan fingerprint density at radius 3 is 2.30 bits per heavy atom. The topological polar surface area (TPSA) is 26.0 Å². The summed E-state index contributed by atoms with van der Waals surface area (Å²) in [7, 11) is 0. The van der Waals surface area contributed by atoms with E-state index in [0.717, 1.165) is 21.4 Å². The van der Waals surface area contributed by atoms with E-state index in [1.807, 2.05) is 19.9 Å². The fourth-order valence-corrected chi connectivity index (χ4v) is 3.51. The van der Waals surface area contributed by atoms with Crippen LogP contribution in [0.25, 0.3) is 0 Å². The molecule has 0 aliphatic carbocycles. The first-order chi connectivity index (χ1) is 9.20. The first-order valence-electron chi connectivity index (χ1n) is 5.89. The molecule has 1 aromatic heterocycles. The smallest absolute Gasteiger partial charge is 0.320 e. The molecule has 0 radical (unpaired) electrons. The molecule has 0 spiro atoms. The van der Waals surface area contributed by atoms with Gasteiger partial charge in [-0.3, -0.25) is 0 Å². The number of hydrogen-bond donors (Lipinski definition) is 1. The van der Waals surface area contributed by atoms with Crippen LogP contribution >= 0.6 is 27.3 Å². The highest BCUT2D eigenvalue weighted by Gasteiger charge is 2.35. The van der Waals surface area contributed by atoms with Gasteiger partial charge in [-0.05, 0) is 43.2 Å². The second-order valence-corrected chi connectivity index (χ2v) is 6.95. The quantitative estimate of drug-likeness (QED) is 0.779. The molecule has 2 rings (SSSR count). The molecule has 20 heavy (non-hydrogen) atoms. The minimum Gasteiger partial charge on any atom is -0.320 e. The summed E-state index contributed by atoms with van der Waals surface area (Å²) in [4.78, 5) is 1.99. The maximum atomic E-state index is 13.1. The van der Waals surface area contributed by atoms with Gasteiger partial charge in [0.1, 0.15) is 0 Å². The summed E-state index contributed by atoms with van der Waals surface area (Å²) in [5, 5.41) is 0. The van der Waals surface area contributed by atoms with Crippen LogP contribution in [-0.4, -0.2) is 0 Å². The standard InChI is InChI=1S/C14H13BrF3NS/c1-7-5-11(8(2)20-7)13(19)10-4-3-9(15)6-12(10)14(16,17)18/h3-6,13H,19H2,1-2H3. The van der Waals surface area contributed by atoms with Gasteiger partial charge in [0.05, 0.1) is 11.6 Å². The predicted octanol–water partition coefficient (Wildman–Crippen LogP) is 5.19. The average Bonchev–Trinajstić information content (AvgIpc) is 2.66. The van der Waals surface area contributed by atoms with E-state index in [-0.39, 0.29) is 5.56 Å². The monoisotopic (exact) mass is 363 g/mol. The van der Waals surface area contributed by atoms with Crippen LogP contribution in [0.2, 0.25) is 0 Å². The van der Waals surface area contributed by atoms with Crippen molar-refractivity contribution in [2.24, 2.45) is 5.73 Å². The van der Waals surface area contributed by atoms with Gasteiger partial charge in [0, 0.05) is 14.2 Å². The molecule has 1 nitrogen and oxygen atoms in total. The van der Waals surface area contributed by atoms with Gasteiger partial charge in [-0.25, -0.2) is 0 Å². The Bertz CT molecular complexity index is 634. The normalized spacial score (nSPS) is 13.6. The Labute approximate surface area is 127 Å². The average molecular weight is 364 g/mol. The highest BCUT2D eigenvalue weighted by atomic mass is 79.9. The Kier molecular flexibility index (Phi) is 4.27. The highest BCUT2D eigenvalue weighted by molar-refractivity contribution is 9.10. The fourth-order valence-electron chi connectivity index (χ4n) is 2.17. The van der Waals surface area contributed by atoms with Crippen LogP contribution in [0.4, 0.5) is 13.2 Å². The fraction of sp³-hybridized carbons (Fsp3) is 0.286. The summed E-state index contributed by atoms with van der Waals surface area (Å²) < 4.78 is 39.8. The minimum atomic E-state index is -4.42. The van der Waals surface area contributed by atoms with E-state index in [4.69, 9.17) is 5.73 Å². The van der Waals surface area contributed by atoms with E-state index in [9.17, 15) is 13.2 Å². The third-order valence-electron chi connectivity index (χ3n) is 3.07. The molecule has 0 saturated heterocycles. The highest BCUT2D eigenvalue weighted by Crippen LogP contribution is 2.39. The summed E-state index contributed by atoms with van der Waals surface area (Å²) in [6.45, 7) is 3.79. The summed E-state index contributed by atoms with van der Waals surface area (Å²) in [5.41, 5.74) is 6.23. The summed E-state index contributed by atoms with van der Waals surface area (Å²) in [6.07, 6.45) is -4.42. The van der Waals surface area contributed by atoms with Crippen molar-refractivity contribution in [3.8, 4) is 0 Å². The van der Waals surface area contributed by atoms with Gasteiger partial charge in [0.2, 0.25) is 0 Å². The van der Waals surface area contributed by atoms with E-state index >= 15 is 0 Å². The second kappa shape index (κ2) is 5.50. The van der Waals surface area contributed by atoms with Gasteiger partial charge >= 0.3 is 6.18 Å². The molecule has 0 fully saturated rings. The van der Waals surface area contributed by atoms with E-state index in [1.165, 1.54) is 17.4 Å². The number of hydrogen-bond acceptors (Lipinski definition) is 2. The number of thiophene rings is 1. The maximum absolute atomic E-state index is 13.1. The van der Waals surface area contributed by atoms with Crippen LogP contribution in [0, 0.1) is 13.8 Å². The van der Waals surface area contributed by atoms with Gasteiger partial charge in [0.25, 0.3) is 0 Å². The summed E-state index contributed by atoms with van der Waals surface area (Å²) in [5.74, 6) is 0. The molecule has 0 bridgehead atoms. The van der Waals surface area contributed by atoms with Gasteiger partial charge in [-0.15, -0.1) is 11.3 Å². The van der Waals surface area contributed by atoms with Crippen molar-refractivity contribution in [2.75, 3.05) is 0 Å². The van der Waals surface area contributed by atoms with Crippen LogP contribution in [0.3, 0.4) is 0 Å². The first kappa shape index (κ1) is 15.5. The Hall–Kier alpha value is -0.850. The van der Waals surface area contributed by atoms with Crippen LogP contribution in [0.5, 0.6) is 0 Å². The maximum Gasteiger partial charge on any atom is 0.416 e. The van der Waals surface area contributed by atoms with Gasteiger partial charge in [-0.1, -0.05) is 22.0 Å². The zero-order valence-electron chi connectivity index (χ0n) is 10.9. The van der Waals surface area contributed by atoms with Crippen LogP contribution in [0.1, 0.15) is 32.5 Å². The summed E-state index contributed by atoms with van der Waals surface area (Å²) >= 11 is 4.61. The van der Waals surface area contributed by atoms with Gasteiger partial charge < -0.3 is 5.73 Å². The molecule has 2 N–H and O–H groups in total. The van der Waals surface area contributed by atoms with Crippen molar-refractivity contribution in [2.45, 2.75) is 26.1 Å². The Morgan fingerprint density at radius 2 is 1.80 bits per heavy atom. The van der Waals surface area contributed by atoms with Gasteiger partial charge in [-0.2, -0.15) is 13.2 Å². The van der Waals surface area contributed by atoms with Crippen LogP contribution in [-0.2, 0) is 6.18 Å². The SMILES string of the molecule is Cc1cc(C(N)c2ccc(Br)cc2C(F)(F)F)c(C)s1. The zero-order valence-corrected chi connectivity index (χ0v) is 13.3. The molecule has 1 aromatic carbocycles. The third kappa shape index (κ3) is 3.07. The van der Waals surface area contributed by atoms with Crippen LogP contribution in [0.15, 0.2) is 28.7 Å². The first-order valence-corrected chi connectivity index (χ1v) is 7.50. The lowest BCUT2D eigenvalue weighted by atomic mass is 9.95. The molecule has 0 aliphatic heterocycles. The second-order valence-electron chi connectivity index (χ2n) is 4.58. The molecule has 6 heteroatoms. The number of rotatable bonds is 2. The third-order valence-corrected chi connectivity index (χ3v) is 4.55. The van der Waals surface area contributed by atoms with Crippen molar-refractivity contribution in [1.29, 1.82) is 0 Å². The van der Waals surface area contributed by atoms with Crippen molar-refractivity contribution in [1.82, 2.24) is 0 Å². The Balaban J connectivity index is 2.55. The number of halogens is 4. The predicted molar refractivity (Wildman–Crippen MR) is 79.0 cm³/mol. The van der Waals surface area contributed by atoms with E-state index in [2.05, 4.69) is 15.9 Å². The van der Waals surface area contributed by atoms with E-state index < -0.39 is 17.8 Å². The molecule has 0 amide bonds. The van der Waals surface area contributed by atoms with Crippen molar-refractivity contribution in [3.05, 3.63) is 55.2 Å². The van der Waals surface area contributed by atoms with Crippen molar-refractivity contribution in [3.63, 3.8) is 0 Å². The van der Waals surface area contributed by atoms with Crippen molar-refractivity contribution >= 4 is 27.3 Å². The zero-order chi connectivity index (χ0) is 15.1. The molecule has 1 atom stereocenters. The lowest BCUT2D eigenvalue weighted by Gasteiger charge is -2.19. The number of aryl methyl sites for hydroxylation is 2. The van der Waals surface area contributed by atoms with E-state index in [0.29, 0.717) is 4.47 Å². The van der Waals surface area contributed by atoms with Crippen LogP contribution < -0.4 is 5.73 Å². The summed E-state index contributed by atoms with van der Waals surface area (Å²) in [6, 6.07) is 5.17. The molecule has 1 unspecified atom stereocenters. The number of benzene rings is 1. The molecule has 1 heterocycles. The lowest BCUT2D eigenvalue weighted by molar-refractivity contribution is -0.138. The molecule has 0 aliphatic rings. The molecule has 108 valence electrons. The van der Waals surface area contributed by atoms with E-state index in [1.54, 1.807) is 6.07 Å². The van der Waals surface area contributed by atoms with Crippen molar-refractivity contribution < 1.29 is 13.2 Å². The molecular formula is C14H13BrF3NS. The number of alkyl halides is 3. The Morgan fingerprint density at radius 1 is 1.15 bits per heavy atom. The molecule has 2 aromatic rings. The lowest BCUT2D eigenvalue weighted by Crippen LogP contribution is -2.18. The van der Waals surface area contributed by atoms with Gasteiger partial charge in [0.15, 0.2) is 0 Å². The minimum absolute atomic E-state index is 0.0987.